The summed E-state index contributed by atoms with van der Waals surface area (Å²) >= 11 is 5.86. The first kappa shape index (κ1) is 15.6. The Labute approximate surface area is 128 Å². The van der Waals surface area contributed by atoms with Gasteiger partial charge in [0, 0.05) is 31.9 Å². The first-order valence-corrected chi connectivity index (χ1v) is 6.94. The third kappa shape index (κ3) is 4.32. The van der Waals surface area contributed by atoms with E-state index in [4.69, 9.17) is 17.3 Å². The highest BCUT2D eigenvalue weighted by Gasteiger charge is 2.20. The fourth-order valence-corrected chi connectivity index (χ4v) is 2.09. The quantitative estimate of drug-likeness (QED) is 0.534. The molecule has 8 heteroatoms. The zero-order valence-electron chi connectivity index (χ0n) is 11.7. The van der Waals surface area contributed by atoms with Gasteiger partial charge in [-0.2, -0.15) is 0 Å². The van der Waals surface area contributed by atoms with Gasteiger partial charge in [-0.05, 0) is 25.2 Å². The van der Waals surface area contributed by atoms with Gasteiger partial charge in [0.2, 0.25) is 0 Å². The molecule has 0 aromatic heterocycles. The summed E-state index contributed by atoms with van der Waals surface area (Å²) in [4.78, 5) is 25.8. The molecule has 0 unspecified atom stereocenters. The van der Waals surface area contributed by atoms with Crippen LogP contribution in [0.2, 0.25) is 5.02 Å². The SMILES string of the molecule is CN1CCN(NC(=O)C(=O)Nc2ccc(N)c(Cl)c2)CC1. The smallest absolute Gasteiger partial charge is 0.323 e. The van der Waals surface area contributed by atoms with Gasteiger partial charge in [0.25, 0.3) is 0 Å². The summed E-state index contributed by atoms with van der Waals surface area (Å²) in [6.45, 7) is 3.05. The summed E-state index contributed by atoms with van der Waals surface area (Å²) in [5, 5.41) is 4.54. The fraction of sp³-hybridized carbons (Fsp3) is 0.385. The zero-order valence-corrected chi connectivity index (χ0v) is 12.5. The molecule has 114 valence electrons. The van der Waals surface area contributed by atoms with E-state index >= 15 is 0 Å². The van der Waals surface area contributed by atoms with Gasteiger partial charge in [-0.3, -0.25) is 15.0 Å². The number of hydrogen-bond acceptors (Lipinski definition) is 5. The molecule has 1 fully saturated rings. The third-order valence-electron chi connectivity index (χ3n) is 3.23. The van der Waals surface area contributed by atoms with Gasteiger partial charge < -0.3 is 16.0 Å². The second-order valence-corrected chi connectivity index (χ2v) is 5.33. The minimum Gasteiger partial charge on any atom is -0.398 e. The number of anilines is 2. The summed E-state index contributed by atoms with van der Waals surface area (Å²) in [6.07, 6.45) is 0. The van der Waals surface area contributed by atoms with Crippen LogP contribution in [0.3, 0.4) is 0 Å². The van der Waals surface area contributed by atoms with Crippen LogP contribution >= 0.6 is 11.6 Å². The number of rotatable bonds is 2. The van der Waals surface area contributed by atoms with Crippen LogP contribution < -0.4 is 16.5 Å². The van der Waals surface area contributed by atoms with Gasteiger partial charge in [0.05, 0.1) is 10.7 Å². The molecule has 1 aromatic carbocycles. The van der Waals surface area contributed by atoms with Crippen molar-refractivity contribution in [2.75, 3.05) is 44.3 Å². The van der Waals surface area contributed by atoms with Gasteiger partial charge >= 0.3 is 11.8 Å². The average molecular weight is 312 g/mol. The van der Waals surface area contributed by atoms with Crippen molar-refractivity contribution in [3.63, 3.8) is 0 Å². The van der Waals surface area contributed by atoms with Gasteiger partial charge in [0.1, 0.15) is 0 Å². The Kier molecular flexibility index (Phi) is 5.00. The van der Waals surface area contributed by atoms with Crippen molar-refractivity contribution >= 4 is 34.8 Å². The van der Waals surface area contributed by atoms with E-state index in [0.29, 0.717) is 29.5 Å². The molecule has 1 aliphatic rings. The maximum Gasteiger partial charge on any atom is 0.323 e. The van der Waals surface area contributed by atoms with Crippen molar-refractivity contribution < 1.29 is 9.59 Å². The molecule has 2 rings (SSSR count). The first-order valence-electron chi connectivity index (χ1n) is 6.56. The number of nitrogen functional groups attached to an aromatic ring is 1. The Morgan fingerprint density at radius 2 is 1.86 bits per heavy atom. The first-order chi connectivity index (χ1) is 9.95. The third-order valence-corrected chi connectivity index (χ3v) is 3.55. The van der Waals surface area contributed by atoms with E-state index in [9.17, 15) is 9.59 Å². The number of carbonyl (C=O) groups excluding carboxylic acids is 2. The van der Waals surface area contributed by atoms with Crippen LogP contribution in [0.15, 0.2) is 18.2 Å². The maximum atomic E-state index is 11.8. The van der Waals surface area contributed by atoms with E-state index in [2.05, 4.69) is 15.6 Å². The Morgan fingerprint density at radius 3 is 2.48 bits per heavy atom. The van der Waals surface area contributed by atoms with Crippen molar-refractivity contribution in [3.8, 4) is 0 Å². The molecule has 7 nitrogen and oxygen atoms in total. The fourth-order valence-electron chi connectivity index (χ4n) is 1.91. The molecule has 1 aliphatic heterocycles. The van der Waals surface area contributed by atoms with Crippen molar-refractivity contribution in [2.24, 2.45) is 0 Å². The Morgan fingerprint density at radius 1 is 1.19 bits per heavy atom. The average Bonchev–Trinajstić information content (AvgIpc) is 2.45. The lowest BCUT2D eigenvalue weighted by molar-refractivity contribution is -0.139. The predicted molar refractivity (Wildman–Crippen MR) is 81.7 cm³/mol. The Bertz CT molecular complexity index is 543. The van der Waals surface area contributed by atoms with E-state index in [1.54, 1.807) is 17.1 Å². The lowest BCUT2D eigenvalue weighted by atomic mass is 10.3. The topological polar surface area (TPSA) is 90.7 Å². The van der Waals surface area contributed by atoms with Crippen LogP contribution in [0.5, 0.6) is 0 Å². The minimum atomic E-state index is -0.741. The molecular formula is C13H18ClN5O2. The molecule has 4 N–H and O–H groups in total. The second-order valence-electron chi connectivity index (χ2n) is 4.92. The standard InChI is InChI=1S/C13H18ClN5O2/c1-18-4-6-19(7-5-18)17-13(21)12(20)16-9-2-3-11(15)10(14)8-9/h2-3,8H,4-7,15H2,1H3,(H,16,20)(H,17,21). The number of amides is 2. The second kappa shape index (κ2) is 6.75. The van der Waals surface area contributed by atoms with Crippen molar-refractivity contribution in [1.29, 1.82) is 0 Å². The number of hydrazine groups is 1. The molecule has 0 spiro atoms. The van der Waals surface area contributed by atoms with Gasteiger partial charge in [-0.15, -0.1) is 0 Å². The molecule has 1 saturated heterocycles. The molecule has 0 atom stereocenters. The molecule has 1 heterocycles. The summed E-state index contributed by atoms with van der Waals surface area (Å²) in [6, 6.07) is 4.65. The molecule has 0 bridgehead atoms. The number of nitrogens with zero attached hydrogens (tertiary/aromatic N) is 2. The largest absolute Gasteiger partial charge is 0.398 e. The van der Waals surface area contributed by atoms with E-state index in [-0.39, 0.29) is 0 Å². The number of hydrogen-bond donors (Lipinski definition) is 3. The van der Waals surface area contributed by atoms with Crippen molar-refractivity contribution in [2.45, 2.75) is 0 Å². The number of piperazine rings is 1. The van der Waals surface area contributed by atoms with E-state index < -0.39 is 11.8 Å². The van der Waals surface area contributed by atoms with Gasteiger partial charge in [-0.25, -0.2) is 5.01 Å². The molecule has 21 heavy (non-hydrogen) atoms. The number of halogens is 1. The number of nitrogens with two attached hydrogens (primary N) is 1. The van der Waals surface area contributed by atoms with Crippen LogP contribution in [0.1, 0.15) is 0 Å². The Hall–Kier alpha value is -1.83. The van der Waals surface area contributed by atoms with E-state index in [0.717, 1.165) is 13.1 Å². The van der Waals surface area contributed by atoms with Crippen LogP contribution in [0.25, 0.3) is 0 Å². The van der Waals surface area contributed by atoms with Crippen molar-refractivity contribution in [1.82, 2.24) is 15.3 Å². The van der Waals surface area contributed by atoms with Gasteiger partial charge in [-0.1, -0.05) is 11.6 Å². The van der Waals surface area contributed by atoms with Gasteiger partial charge in [0.15, 0.2) is 0 Å². The number of likely N-dealkylation sites (N-methyl/N-ethyl adjacent to an activating group) is 1. The number of nitrogens with one attached hydrogen (secondary N) is 2. The molecule has 2 amide bonds. The summed E-state index contributed by atoms with van der Waals surface area (Å²) < 4.78 is 0. The molecular weight excluding hydrogens is 294 g/mol. The summed E-state index contributed by atoms with van der Waals surface area (Å²) in [5.41, 5.74) is 9.00. The molecule has 1 aromatic rings. The van der Waals surface area contributed by atoms with Crippen LogP contribution in [-0.2, 0) is 9.59 Å². The Balaban J connectivity index is 1.87. The molecule has 0 radical (unpaired) electrons. The molecule has 0 saturated carbocycles. The number of carbonyl (C=O) groups is 2. The number of benzene rings is 1. The van der Waals surface area contributed by atoms with Crippen LogP contribution in [0.4, 0.5) is 11.4 Å². The lowest BCUT2D eigenvalue weighted by Gasteiger charge is -2.32. The summed E-state index contributed by atoms with van der Waals surface area (Å²) in [5.74, 6) is -1.44. The lowest BCUT2D eigenvalue weighted by Crippen LogP contribution is -2.54. The summed E-state index contributed by atoms with van der Waals surface area (Å²) in [7, 11) is 2.01. The van der Waals surface area contributed by atoms with Crippen LogP contribution in [0, 0.1) is 0 Å². The normalized spacial score (nSPS) is 16.5. The van der Waals surface area contributed by atoms with E-state index in [1.165, 1.54) is 6.07 Å². The highest BCUT2D eigenvalue weighted by Crippen LogP contribution is 2.22. The van der Waals surface area contributed by atoms with Crippen LogP contribution in [-0.4, -0.2) is 54.9 Å². The minimum absolute atomic E-state index is 0.326. The highest BCUT2D eigenvalue weighted by molar-refractivity contribution is 6.39. The predicted octanol–water partition coefficient (Wildman–Crippen LogP) is 0.139. The highest BCUT2D eigenvalue weighted by atomic mass is 35.5. The van der Waals surface area contributed by atoms with E-state index in [1.807, 2.05) is 7.05 Å². The zero-order chi connectivity index (χ0) is 15.4. The monoisotopic (exact) mass is 311 g/mol. The maximum absolute atomic E-state index is 11.8. The van der Waals surface area contributed by atoms with Crippen molar-refractivity contribution in [3.05, 3.63) is 23.2 Å². The molecule has 0 aliphatic carbocycles.